The number of nitrogens with one attached hydrogen (secondary N) is 1. The number of carbonyl (C=O) groups is 1. The summed E-state index contributed by atoms with van der Waals surface area (Å²) in [5.74, 6) is -0.746. The third-order valence-electron chi connectivity index (χ3n) is 2.38. The number of aliphatic hydroxyl groups is 1. The number of carbonyl (C=O) groups excluding carboxylic acids is 1. The Balaban J connectivity index is 2.76. The maximum absolute atomic E-state index is 13.0. The monoisotopic (exact) mass is 273 g/mol. The maximum atomic E-state index is 13.0. The first-order valence-corrected chi connectivity index (χ1v) is 6.87. The summed E-state index contributed by atoms with van der Waals surface area (Å²) in [6.07, 6.45) is 2.30. The number of aliphatic hydroxyl groups excluding tert-OH is 1. The molecule has 1 aromatic rings. The highest BCUT2D eigenvalue weighted by molar-refractivity contribution is 7.98. The van der Waals surface area contributed by atoms with E-state index in [1.54, 1.807) is 0 Å². The number of hydrogen-bond acceptors (Lipinski definition) is 4. The van der Waals surface area contributed by atoms with E-state index in [-0.39, 0.29) is 24.0 Å². The molecule has 1 amide bonds. The lowest BCUT2D eigenvalue weighted by Crippen LogP contribution is -2.37. The molecule has 0 heterocycles. The van der Waals surface area contributed by atoms with Crippen LogP contribution in [0.3, 0.4) is 0 Å². The summed E-state index contributed by atoms with van der Waals surface area (Å²) < 4.78 is 13.0. The second-order valence-electron chi connectivity index (χ2n) is 3.80. The Morgan fingerprint density at radius 3 is 2.89 bits per heavy atom. The van der Waals surface area contributed by atoms with Gasteiger partial charge in [0.2, 0.25) is 0 Å². The van der Waals surface area contributed by atoms with Crippen molar-refractivity contribution in [3.05, 3.63) is 29.6 Å². The average molecular weight is 273 g/mol. The molecule has 0 saturated heterocycles. The number of rotatable bonds is 6. The van der Waals surface area contributed by atoms with Crippen molar-refractivity contribution in [1.82, 2.24) is 5.32 Å². The summed E-state index contributed by atoms with van der Waals surface area (Å²) >= 11 is 1.53. The first-order chi connectivity index (χ1) is 8.58. The summed E-state index contributed by atoms with van der Waals surface area (Å²) in [7, 11) is 0. The highest BCUT2D eigenvalue weighted by Gasteiger charge is 2.16. The molecule has 0 aliphatic rings. The van der Waals surface area contributed by atoms with Crippen LogP contribution in [0.15, 0.2) is 18.2 Å². The molecule has 0 bridgehead atoms. The van der Waals surface area contributed by atoms with Gasteiger partial charge in [0.25, 0.3) is 5.91 Å². The molecule has 1 aromatic carbocycles. The van der Waals surface area contributed by atoms with Crippen LogP contribution >= 0.6 is 11.8 Å². The fraction of sp³-hybridized carbons (Fsp3) is 0.417. The van der Waals surface area contributed by atoms with Gasteiger partial charge in [0, 0.05) is 18.4 Å². The van der Waals surface area contributed by atoms with Gasteiger partial charge in [-0.1, -0.05) is 0 Å². The topological polar surface area (TPSA) is 69.6 Å². The van der Waals surface area contributed by atoms with Gasteiger partial charge in [0.15, 0.2) is 0 Å². The fourth-order valence-electron chi connectivity index (χ4n) is 1.51. The van der Waals surface area contributed by atoms with Gasteiger partial charge in [-0.05, 0) is 30.9 Å². The van der Waals surface area contributed by atoms with Gasteiger partial charge in [-0.2, -0.15) is 11.8 Å². The van der Waals surface area contributed by atoms with E-state index < -0.39 is 11.7 Å². The molecule has 0 aliphatic heterocycles. The Morgan fingerprint density at radius 2 is 2.28 bits per heavy atom. The Morgan fingerprint density at radius 1 is 1.56 bits per heavy atom. The smallest absolute Gasteiger partial charge is 0.255 e. The lowest BCUT2D eigenvalue weighted by molar-refractivity contribution is 0.0932. The number of phenolic OH excluding ortho intramolecular Hbond substituents is 1. The quantitative estimate of drug-likeness (QED) is 0.732. The zero-order valence-corrected chi connectivity index (χ0v) is 10.8. The molecule has 0 spiro atoms. The Hall–Kier alpha value is -1.27. The molecule has 0 aliphatic carbocycles. The van der Waals surface area contributed by atoms with E-state index in [1.165, 1.54) is 11.8 Å². The van der Waals surface area contributed by atoms with Crippen LogP contribution in [0, 0.1) is 5.82 Å². The van der Waals surface area contributed by atoms with Crippen molar-refractivity contribution < 1.29 is 19.4 Å². The van der Waals surface area contributed by atoms with E-state index in [1.807, 2.05) is 6.26 Å². The van der Waals surface area contributed by atoms with E-state index in [0.29, 0.717) is 12.2 Å². The van der Waals surface area contributed by atoms with Crippen LogP contribution in [0.4, 0.5) is 4.39 Å². The molecule has 6 heteroatoms. The Bertz CT molecular complexity index is 408. The number of benzene rings is 1. The third kappa shape index (κ3) is 4.19. The van der Waals surface area contributed by atoms with Crippen LogP contribution in [-0.2, 0) is 0 Å². The first kappa shape index (κ1) is 14.8. The molecule has 100 valence electrons. The van der Waals surface area contributed by atoms with Crippen LogP contribution in [0.2, 0.25) is 0 Å². The van der Waals surface area contributed by atoms with Crippen LogP contribution in [-0.4, -0.2) is 40.8 Å². The summed E-state index contributed by atoms with van der Waals surface area (Å²) in [5, 5.41) is 21.0. The van der Waals surface area contributed by atoms with Crippen molar-refractivity contribution in [2.45, 2.75) is 12.5 Å². The predicted octanol–water partition coefficient (Wildman–Crippen LogP) is 1.38. The molecular formula is C12H16FNO3S. The van der Waals surface area contributed by atoms with Gasteiger partial charge in [-0.3, -0.25) is 4.79 Å². The number of amides is 1. The van der Waals surface area contributed by atoms with Crippen LogP contribution in [0.5, 0.6) is 5.75 Å². The normalized spacial score (nSPS) is 12.2. The third-order valence-corrected chi connectivity index (χ3v) is 3.12. The first-order valence-electron chi connectivity index (χ1n) is 5.47. The summed E-state index contributed by atoms with van der Waals surface area (Å²) in [4.78, 5) is 11.8. The molecule has 3 N–H and O–H groups in total. The van der Waals surface area contributed by atoms with Crippen LogP contribution < -0.4 is 5.32 Å². The van der Waals surface area contributed by atoms with Crippen LogP contribution in [0.1, 0.15) is 16.8 Å². The average Bonchev–Trinajstić information content (AvgIpc) is 2.33. The van der Waals surface area contributed by atoms with E-state index in [4.69, 9.17) is 5.11 Å². The molecule has 0 aromatic heterocycles. The zero-order chi connectivity index (χ0) is 13.5. The maximum Gasteiger partial charge on any atom is 0.255 e. The van der Waals surface area contributed by atoms with Gasteiger partial charge in [0.05, 0.1) is 5.56 Å². The minimum atomic E-state index is -0.582. The summed E-state index contributed by atoms with van der Waals surface area (Å²) in [5.41, 5.74) is -0.0981. The van der Waals surface area contributed by atoms with Crippen molar-refractivity contribution in [1.29, 1.82) is 0 Å². The van der Waals surface area contributed by atoms with Gasteiger partial charge in [0.1, 0.15) is 11.6 Å². The summed E-state index contributed by atoms with van der Waals surface area (Å²) in [6.45, 7) is -0.0410. The Kier molecular flexibility index (Phi) is 5.94. The second-order valence-corrected chi connectivity index (χ2v) is 4.71. The van der Waals surface area contributed by atoms with Crippen molar-refractivity contribution in [2.75, 3.05) is 18.6 Å². The number of aromatic hydroxyl groups is 1. The second kappa shape index (κ2) is 7.23. The van der Waals surface area contributed by atoms with Crippen LogP contribution in [0.25, 0.3) is 0 Å². The molecule has 18 heavy (non-hydrogen) atoms. The van der Waals surface area contributed by atoms with E-state index in [9.17, 15) is 14.3 Å². The number of halogens is 1. The SMILES string of the molecule is CSC[C@H](CCO)NC(=O)c1cc(F)ccc1O. The van der Waals surface area contributed by atoms with E-state index >= 15 is 0 Å². The zero-order valence-electron chi connectivity index (χ0n) is 10.0. The minimum absolute atomic E-state index is 0.0410. The number of phenols is 1. The Labute approximate surface area is 109 Å². The molecule has 0 fully saturated rings. The minimum Gasteiger partial charge on any atom is -0.507 e. The molecule has 1 rings (SSSR count). The lowest BCUT2D eigenvalue weighted by Gasteiger charge is -2.17. The largest absolute Gasteiger partial charge is 0.507 e. The molecule has 0 radical (unpaired) electrons. The molecular weight excluding hydrogens is 257 g/mol. The van der Waals surface area contributed by atoms with Crippen molar-refractivity contribution in [3.8, 4) is 5.75 Å². The summed E-state index contributed by atoms with van der Waals surface area (Å²) in [6, 6.07) is 3.00. The lowest BCUT2D eigenvalue weighted by atomic mass is 10.1. The molecule has 4 nitrogen and oxygen atoms in total. The standard InChI is InChI=1S/C12H16FNO3S/c1-18-7-9(4-5-15)14-12(17)10-6-8(13)2-3-11(10)16/h2-3,6,9,15-16H,4-5,7H2,1H3,(H,14,17)/t9-/m0/s1. The molecule has 0 unspecified atom stereocenters. The van der Waals surface area contributed by atoms with Crippen molar-refractivity contribution in [3.63, 3.8) is 0 Å². The van der Waals surface area contributed by atoms with Gasteiger partial charge in [-0.25, -0.2) is 4.39 Å². The van der Waals surface area contributed by atoms with E-state index in [2.05, 4.69) is 5.32 Å². The number of thioether (sulfide) groups is 1. The van der Waals surface area contributed by atoms with Gasteiger partial charge in [-0.15, -0.1) is 0 Å². The van der Waals surface area contributed by atoms with Gasteiger partial charge >= 0.3 is 0 Å². The molecule has 1 atom stereocenters. The number of hydrogen-bond donors (Lipinski definition) is 3. The molecule has 0 saturated carbocycles. The highest BCUT2D eigenvalue weighted by Crippen LogP contribution is 2.18. The van der Waals surface area contributed by atoms with Gasteiger partial charge < -0.3 is 15.5 Å². The van der Waals surface area contributed by atoms with Crippen molar-refractivity contribution in [2.24, 2.45) is 0 Å². The predicted molar refractivity (Wildman–Crippen MR) is 69.4 cm³/mol. The highest BCUT2D eigenvalue weighted by atomic mass is 32.2. The van der Waals surface area contributed by atoms with Crippen molar-refractivity contribution >= 4 is 17.7 Å². The van der Waals surface area contributed by atoms with E-state index in [0.717, 1.165) is 18.2 Å². The fourth-order valence-corrected chi connectivity index (χ4v) is 2.16.